The monoisotopic (exact) mass is 545 g/mol. The lowest BCUT2D eigenvalue weighted by Crippen LogP contribution is -2.26. The Labute approximate surface area is 236 Å². The number of hydrogen-bond donors (Lipinski definition) is 1. The molecule has 1 amide bonds. The molecular formula is C32H39N3O5. The molecule has 212 valence electrons. The molecular weight excluding hydrogens is 506 g/mol. The van der Waals surface area contributed by atoms with Crippen molar-refractivity contribution in [2.24, 2.45) is 0 Å². The molecule has 40 heavy (non-hydrogen) atoms. The van der Waals surface area contributed by atoms with Crippen molar-refractivity contribution in [2.75, 3.05) is 34.5 Å². The molecule has 8 heteroatoms. The number of unbranched alkanes of at least 4 members (excludes halogenated alkanes) is 2. The summed E-state index contributed by atoms with van der Waals surface area (Å²) >= 11 is 0. The number of methoxy groups -OCH3 is 3. The number of ether oxygens (including phenoxy) is 4. The van der Waals surface area contributed by atoms with E-state index in [-0.39, 0.29) is 5.91 Å². The second-order valence-corrected chi connectivity index (χ2v) is 9.55. The topological polar surface area (TPSA) is 83.8 Å². The number of rotatable bonds is 16. The van der Waals surface area contributed by atoms with Crippen molar-refractivity contribution in [3.8, 4) is 23.0 Å². The number of nitrogens with one attached hydrogen (secondary N) is 1. The normalized spacial score (nSPS) is 10.9. The zero-order chi connectivity index (χ0) is 28.2. The summed E-state index contributed by atoms with van der Waals surface area (Å²) in [6, 6.07) is 21.5. The van der Waals surface area contributed by atoms with Crippen LogP contribution in [0.2, 0.25) is 0 Å². The predicted molar refractivity (Wildman–Crippen MR) is 157 cm³/mol. The van der Waals surface area contributed by atoms with Crippen LogP contribution in [-0.2, 0) is 24.2 Å². The Morgan fingerprint density at radius 3 is 2.33 bits per heavy atom. The number of aryl methyl sites for hydroxylation is 2. The van der Waals surface area contributed by atoms with Gasteiger partial charge < -0.3 is 28.8 Å². The van der Waals surface area contributed by atoms with Crippen LogP contribution in [0, 0.1) is 0 Å². The van der Waals surface area contributed by atoms with E-state index in [2.05, 4.69) is 28.1 Å². The molecule has 0 radical (unpaired) electrons. The van der Waals surface area contributed by atoms with E-state index >= 15 is 0 Å². The average molecular weight is 546 g/mol. The van der Waals surface area contributed by atoms with Gasteiger partial charge in [-0.2, -0.15) is 0 Å². The fraction of sp³-hybridized carbons (Fsp3) is 0.375. The Morgan fingerprint density at radius 2 is 1.52 bits per heavy atom. The summed E-state index contributed by atoms with van der Waals surface area (Å²) in [6.45, 7) is 2.08. The highest BCUT2D eigenvalue weighted by Crippen LogP contribution is 2.28. The Hall–Kier alpha value is -4.20. The lowest BCUT2D eigenvalue weighted by Gasteiger charge is -2.12. The molecule has 1 aromatic heterocycles. The average Bonchev–Trinajstić information content (AvgIpc) is 3.34. The smallest absolute Gasteiger partial charge is 0.224 e. The molecule has 0 bridgehead atoms. The molecule has 0 aliphatic rings. The van der Waals surface area contributed by atoms with Gasteiger partial charge in [-0.3, -0.25) is 4.79 Å². The van der Waals surface area contributed by atoms with Gasteiger partial charge in [-0.1, -0.05) is 36.8 Å². The number of hydrogen-bond acceptors (Lipinski definition) is 6. The van der Waals surface area contributed by atoms with Gasteiger partial charge in [0.25, 0.3) is 0 Å². The molecule has 0 saturated heterocycles. The van der Waals surface area contributed by atoms with Crippen LogP contribution >= 0.6 is 0 Å². The third-order valence-corrected chi connectivity index (χ3v) is 6.80. The van der Waals surface area contributed by atoms with E-state index in [4.69, 9.17) is 23.9 Å². The minimum atomic E-state index is 0.00403. The number of benzene rings is 3. The third-order valence-electron chi connectivity index (χ3n) is 6.80. The molecule has 0 atom stereocenters. The number of fused-ring (bicyclic) bond motifs is 1. The number of nitrogens with zero attached hydrogens (tertiary/aromatic N) is 2. The van der Waals surface area contributed by atoms with Gasteiger partial charge in [-0.05, 0) is 61.2 Å². The maximum absolute atomic E-state index is 12.4. The zero-order valence-corrected chi connectivity index (χ0v) is 23.7. The van der Waals surface area contributed by atoms with Crippen LogP contribution in [0.3, 0.4) is 0 Å². The summed E-state index contributed by atoms with van der Waals surface area (Å²) in [7, 11) is 4.84. The first-order valence-electron chi connectivity index (χ1n) is 13.8. The first kappa shape index (κ1) is 28.8. The molecule has 4 rings (SSSR count). The molecule has 0 aliphatic carbocycles. The van der Waals surface area contributed by atoms with Crippen molar-refractivity contribution in [1.82, 2.24) is 14.9 Å². The van der Waals surface area contributed by atoms with Gasteiger partial charge in [0.15, 0.2) is 23.0 Å². The summed E-state index contributed by atoms with van der Waals surface area (Å²) in [5.74, 6) is 3.88. The second kappa shape index (κ2) is 14.8. The number of amides is 1. The van der Waals surface area contributed by atoms with Crippen LogP contribution < -0.4 is 24.3 Å². The molecule has 0 saturated carbocycles. The second-order valence-electron chi connectivity index (χ2n) is 9.55. The number of carbonyl (C=O) groups excluding carboxylic acids is 1. The van der Waals surface area contributed by atoms with Crippen molar-refractivity contribution in [3.05, 3.63) is 78.1 Å². The van der Waals surface area contributed by atoms with E-state index in [1.165, 1.54) is 0 Å². The largest absolute Gasteiger partial charge is 0.493 e. The highest BCUT2D eigenvalue weighted by Gasteiger charge is 2.11. The highest BCUT2D eigenvalue weighted by molar-refractivity contribution is 5.78. The van der Waals surface area contributed by atoms with Crippen molar-refractivity contribution < 1.29 is 23.7 Å². The van der Waals surface area contributed by atoms with Crippen LogP contribution in [0.25, 0.3) is 11.0 Å². The Bertz CT molecular complexity index is 1380. The number of imidazole rings is 1. The van der Waals surface area contributed by atoms with Gasteiger partial charge in [0.2, 0.25) is 5.91 Å². The molecule has 1 N–H and O–H groups in total. The molecule has 0 aliphatic heterocycles. The third kappa shape index (κ3) is 7.68. The summed E-state index contributed by atoms with van der Waals surface area (Å²) in [5.41, 5.74) is 3.06. The number of carbonyl (C=O) groups is 1. The molecule has 4 aromatic rings. The summed E-state index contributed by atoms with van der Waals surface area (Å²) < 4.78 is 24.3. The fourth-order valence-electron chi connectivity index (χ4n) is 4.76. The van der Waals surface area contributed by atoms with E-state index in [9.17, 15) is 4.79 Å². The van der Waals surface area contributed by atoms with Gasteiger partial charge in [0.05, 0.1) is 45.4 Å². The maximum atomic E-state index is 12.4. The summed E-state index contributed by atoms with van der Waals surface area (Å²) in [5, 5.41) is 3.03. The first-order chi connectivity index (χ1) is 19.6. The van der Waals surface area contributed by atoms with Crippen LogP contribution in [0.1, 0.15) is 37.1 Å². The fourth-order valence-corrected chi connectivity index (χ4v) is 4.76. The predicted octanol–water partition coefficient (Wildman–Crippen LogP) is 5.60. The highest BCUT2D eigenvalue weighted by atomic mass is 16.5. The lowest BCUT2D eigenvalue weighted by atomic mass is 10.1. The molecule has 0 fully saturated rings. The van der Waals surface area contributed by atoms with E-state index in [0.29, 0.717) is 31.1 Å². The summed E-state index contributed by atoms with van der Waals surface area (Å²) in [4.78, 5) is 17.3. The number of aromatic nitrogens is 2. The minimum Gasteiger partial charge on any atom is -0.493 e. The van der Waals surface area contributed by atoms with E-state index < -0.39 is 0 Å². The van der Waals surface area contributed by atoms with Gasteiger partial charge in [-0.25, -0.2) is 4.98 Å². The Kier molecular flexibility index (Phi) is 10.7. The Morgan fingerprint density at radius 1 is 0.800 bits per heavy atom. The molecule has 0 unspecified atom stereocenters. The van der Waals surface area contributed by atoms with Gasteiger partial charge in [-0.15, -0.1) is 0 Å². The van der Waals surface area contributed by atoms with Crippen molar-refractivity contribution in [1.29, 1.82) is 0 Å². The molecule has 8 nitrogen and oxygen atoms in total. The lowest BCUT2D eigenvalue weighted by molar-refractivity contribution is -0.120. The van der Waals surface area contributed by atoms with Crippen LogP contribution in [0.4, 0.5) is 0 Å². The van der Waals surface area contributed by atoms with E-state index in [0.717, 1.165) is 72.6 Å². The number of para-hydroxylation sites is 4. The van der Waals surface area contributed by atoms with Crippen LogP contribution in [-0.4, -0.2) is 49.9 Å². The van der Waals surface area contributed by atoms with Crippen molar-refractivity contribution in [2.45, 2.75) is 45.1 Å². The van der Waals surface area contributed by atoms with Gasteiger partial charge >= 0.3 is 0 Å². The van der Waals surface area contributed by atoms with Gasteiger partial charge in [0, 0.05) is 19.5 Å². The quantitative estimate of drug-likeness (QED) is 0.185. The van der Waals surface area contributed by atoms with E-state index in [1.807, 2.05) is 48.5 Å². The van der Waals surface area contributed by atoms with Gasteiger partial charge in [0.1, 0.15) is 5.82 Å². The van der Waals surface area contributed by atoms with Crippen LogP contribution in [0.5, 0.6) is 23.0 Å². The zero-order valence-electron chi connectivity index (χ0n) is 23.7. The van der Waals surface area contributed by atoms with Crippen molar-refractivity contribution in [3.63, 3.8) is 0 Å². The molecule has 1 heterocycles. The Balaban J connectivity index is 1.21. The van der Waals surface area contributed by atoms with Crippen molar-refractivity contribution >= 4 is 16.9 Å². The first-order valence-corrected chi connectivity index (χ1v) is 13.8. The standard InChI is InChI=1S/C32H39N3O5/c1-37-27-14-8-9-15-29(27)40-21-11-20-35-26-13-7-6-12-25(26)34-31(35)16-5-4-10-19-33-32(36)23-24-17-18-28(38-2)30(22-24)39-3/h6-9,12-15,17-18,22H,4-5,10-11,16,19-21,23H2,1-3H3,(H,33,36). The van der Waals surface area contributed by atoms with Crippen LogP contribution in [0.15, 0.2) is 66.7 Å². The molecule has 3 aromatic carbocycles. The maximum Gasteiger partial charge on any atom is 0.224 e. The van der Waals surface area contributed by atoms with E-state index in [1.54, 1.807) is 21.3 Å². The summed E-state index contributed by atoms with van der Waals surface area (Å²) in [6.07, 6.45) is 5.00. The minimum absolute atomic E-state index is 0.00403. The SMILES string of the molecule is COc1ccc(CC(=O)NCCCCCc2nc3ccccc3n2CCCOc2ccccc2OC)cc1OC. The molecule has 0 spiro atoms.